The molecule has 1 unspecified atom stereocenters. The van der Waals surface area contributed by atoms with E-state index in [1.807, 2.05) is 0 Å². The fraction of sp³-hybridized carbons (Fsp3) is 0.875. The highest BCUT2D eigenvalue weighted by molar-refractivity contribution is 5.71. The minimum atomic E-state index is -0.329. The molecule has 70 valence electrons. The summed E-state index contributed by atoms with van der Waals surface area (Å²) in [5, 5.41) is 0. The summed E-state index contributed by atoms with van der Waals surface area (Å²) in [5.41, 5.74) is 5.12. The second-order valence-corrected chi connectivity index (χ2v) is 3.64. The normalized spacial score (nSPS) is 24.3. The monoisotopic (exact) mass is 171 g/mol. The van der Waals surface area contributed by atoms with E-state index < -0.39 is 0 Å². The Morgan fingerprint density at radius 2 is 2.42 bits per heavy atom. The van der Waals surface area contributed by atoms with Gasteiger partial charge in [0.15, 0.2) is 0 Å². The summed E-state index contributed by atoms with van der Waals surface area (Å²) >= 11 is 0. The van der Waals surface area contributed by atoms with Gasteiger partial charge in [0.1, 0.15) is 0 Å². The van der Waals surface area contributed by atoms with Gasteiger partial charge < -0.3 is 15.5 Å². The smallest absolute Gasteiger partial charge is 0.314 e. The highest BCUT2D eigenvalue weighted by atomic mass is 16.2. The third-order valence-electron chi connectivity index (χ3n) is 2.40. The molecule has 1 aliphatic rings. The van der Waals surface area contributed by atoms with Crippen molar-refractivity contribution in [3.05, 3.63) is 0 Å². The van der Waals surface area contributed by atoms with E-state index in [2.05, 4.69) is 11.9 Å². The average Bonchev–Trinajstić information content (AvgIpc) is 2.35. The number of rotatable bonds is 2. The molecule has 4 heteroatoms. The van der Waals surface area contributed by atoms with Gasteiger partial charge in [-0.3, -0.25) is 0 Å². The van der Waals surface area contributed by atoms with Crippen LogP contribution >= 0.6 is 0 Å². The lowest BCUT2D eigenvalue weighted by Gasteiger charge is -2.18. The van der Waals surface area contributed by atoms with Crippen molar-refractivity contribution in [1.82, 2.24) is 9.80 Å². The molecule has 1 rings (SSSR count). The van der Waals surface area contributed by atoms with Gasteiger partial charge in [-0.1, -0.05) is 0 Å². The molecule has 0 radical (unpaired) electrons. The Hall–Kier alpha value is -0.770. The van der Waals surface area contributed by atoms with Gasteiger partial charge >= 0.3 is 6.03 Å². The fourth-order valence-electron chi connectivity index (χ4n) is 1.65. The Kier molecular flexibility index (Phi) is 2.92. The Morgan fingerprint density at radius 1 is 1.75 bits per heavy atom. The van der Waals surface area contributed by atoms with Crippen LogP contribution in [-0.2, 0) is 0 Å². The Bertz CT molecular complexity index is 172. The topological polar surface area (TPSA) is 49.6 Å². The SMILES string of the molecule is CN1CCC(CN(C)C(N)=O)C1. The number of nitrogens with two attached hydrogens (primary N) is 1. The predicted octanol–water partition coefficient (Wildman–Crippen LogP) is -0.0514. The molecule has 1 saturated heterocycles. The van der Waals surface area contributed by atoms with Crippen molar-refractivity contribution < 1.29 is 4.79 Å². The maximum Gasteiger partial charge on any atom is 0.314 e. The molecule has 1 atom stereocenters. The first kappa shape index (κ1) is 9.32. The molecule has 4 nitrogen and oxygen atoms in total. The zero-order valence-electron chi connectivity index (χ0n) is 7.79. The fourth-order valence-corrected chi connectivity index (χ4v) is 1.65. The van der Waals surface area contributed by atoms with Crippen molar-refractivity contribution in [2.75, 3.05) is 33.7 Å². The van der Waals surface area contributed by atoms with E-state index in [9.17, 15) is 4.79 Å². The van der Waals surface area contributed by atoms with E-state index in [-0.39, 0.29) is 6.03 Å². The lowest BCUT2D eigenvalue weighted by atomic mass is 10.1. The highest BCUT2D eigenvalue weighted by Gasteiger charge is 2.21. The summed E-state index contributed by atoms with van der Waals surface area (Å²) in [6.07, 6.45) is 1.17. The van der Waals surface area contributed by atoms with Crippen molar-refractivity contribution in [2.45, 2.75) is 6.42 Å². The van der Waals surface area contributed by atoms with E-state index in [1.54, 1.807) is 11.9 Å². The van der Waals surface area contributed by atoms with Crippen LogP contribution in [0.1, 0.15) is 6.42 Å². The molecule has 2 N–H and O–H groups in total. The lowest BCUT2D eigenvalue weighted by molar-refractivity contribution is 0.210. The molecule has 12 heavy (non-hydrogen) atoms. The number of carbonyl (C=O) groups excluding carboxylic acids is 1. The summed E-state index contributed by atoms with van der Waals surface area (Å²) in [5.74, 6) is 0.604. The van der Waals surface area contributed by atoms with Crippen molar-refractivity contribution in [1.29, 1.82) is 0 Å². The molecule has 1 heterocycles. The summed E-state index contributed by atoms with van der Waals surface area (Å²) in [6, 6.07) is -0.329. The average molecular weight is 171 g/mol. The van der Waals surface area contributed by atoms with Crippen LogP contribution in [-0.4, -0.2) is 49.6 Å². The van der Waals surface area contributed by atoms with E-state index in [0.29, 0.717) is 5.92 Å². The lowest BCUT2D eigenvalue weighted by Crippen LogP contribution is -2.36. The standard InChI is InChI=1S/C8H17N3O/c1-10-4-3-7(5-10)6-11(2)8(9)12/h7H,3-6H2,1-2H3,(H2,9,12). The molecule has 1 fully saturated rings. The minimum Gasteiger partial charge on any atom is -0.351 e. The quantitative estimate of drug-likeness (QED) is 0.633. The number of amides is 2. The van der Waals surface area contributed by atoms with Crippen LogP contribution < -0.4 is 5.73 Å². The molecule has 0 saturated carbocycles. The molecule has 2 amide bonds. The molecule has 0 aliphatic carbocycles. The summed E-state index contributed by atoms with van der Waals surface area (Å²) in [4.78, 5) is 14.6. The third kappa shape index (κ3) is 2.37. The zero-order valence-corrected chi connectivity index (χ0v) is 7.79. The van der Waals surface area contributed by atoms with Gasteiger partial charge in [-0.25, -0.2) is 4.79 Å². The molecule has 0 aromatic rings. The number of nitrogens with zero attached hydrogens (tertiary/aromatic N) is 2. The van der Waals surface area contributed by atoms with Gasteiger partial charge in [0.25, 0.3) is 0 Å². The van der Waals surface area contributed by atoms with Gasteiger partial charge in [0.05, 0.1) is 0 Å². The van der Waals surface area contributed by atoms with Crippen LogP contribution in [0.15, 0.2) is 0 Å². The number of hydrogen-bond acceptors (Lipinski definition) is 2. The highest BCUT2D eigenvalue weighted by Crippen LogP contribution is 2.14. The van der Waals surface area contributed by atoms with Gasteiger partial charge in [0.2, 0.25) is 0 Å². The maximum atomic E-state index is 10.7. The van der Waals surface area contributed by atoms with E-state index >= 15 is 0 Å². The molecular weight excluding hydrogens is 154 g/mol. The van der Waals surface area contributed by atoms with Gasteiger partial charge in [-0.2, -0.15) is 0 Å². The van der Waals surface area contributed by atoms with Crippen molar-refractivity contribution in [3.63, 3.8) is 0 Å². The molecule has 0 bridgehead atoms. The predicted molar refractivity (Wildman–Crippen MR) is 47.8 cm³/mol. The largest absolute Gasteiger partial charge is 0.351 e. The van der Waals surface area contributed by atoms with Crippen molar-refractivity contribution in [2.24, 2.45) is 11.7 Å². The van der Waals surface area contributed by atoms with E-state index in [4.69, 9.17) is 5.73 Å². The number of primary amides is 1. The Labute approximate surface area is 73.3 Å². The Morgan fingerprint density at radius 3 is 2.83 bits per heavy atom. The van der Waals surface area contributed by atoms with E-state index in [1.165, 1.54) is 6.42 Å². The summed E-state index contributed by atoms with van der Waals surface area (Å²) in [6.45, 7) is 3.01. The van der Waals surface area contributed by atoms with E-state index in [0.717, 1.165) is 19.6 Å². The first-order valence-electron chi connectivity index (χ1n) is 4.28. The zero-order chi connectivity index (χ0) is 9.14. The number of carbonyl (C=O) groups is 1. The van der Waals surface area contributed by atoms with Crippen LogP contribution in [0.3, 0.4) is 0 Å². The van der Waals surface area contributed by atoms with Crippen LogP contribution in [0.25, 0.3) is 0 Å². The molecule has 1 aliphatic heterocycles. The van der Waals surface area contributed by atoms with Crippen molar-refractivity contribution >= 4 is 6.03 Å². The summed E-state index contributed by atoms with van der Waals surface area (Å²) in [7, 11) is 3.85. The molecule has 0 aromatic heterocycles. The van der Waals surface area contributed by atoms with Crippen LogP contribution in [0, 0.1) is 5.92 Å². The molecule has 0 spiro atoms. The van der Waals surface area contributed by atoms with Gasteiger partial charge in [-0.05, 0) is 25.9 Å². The van der Waals surface area contributed by atoms with Gasteiger partial charge in [-0.15, -0.1) is 0 Å². The first-order valence-corrected chi connectivity index (χ1v) is 4.28. The van der Waals surface area contributed by atoms with Gasteiger partial charge in [0, 0.05) is 20.1 Å². The number of likely N-dealkylation sites (tertiary alicyclic amines) is 1. The van der Waals surface area contributed by atoms with Crippen molar-refractivity contribution in [3.8, 4) is 0 Å². The summed E-state index contributed by atoms with van der Waals surface area (Å²) < 4.78 is 0. The second-order valence-electron chi connectivity index (χ2n) is 3.64. The molecule has 0 aromatic carbocycles. The molecular formula is C8H17N3O. The van der Waals surface area contributed by atoms with Crippen LogP contribution in [0.4, 0.5) is 4.79 Å². The third-order valence-corrected chi connectivity index (χ3v) is 2.40. The first-order chi connectivity index (χ1) is 5.59. The maximum absolute atomic E-state index is 10.7. The van der Waals surface area contributed by atoms with Crippen LogP contribution in [0.5, 0.6) is 0 Å². The van der Waals surface area contributed by atoms with Crippen LogP contribution in [0.2, 0.25) is 0 Å². The minimum absolute atomic E-state index is 0.329. The number of hydrogen-bond donors (Lipinski definition) is 1. The second kappa shape index (κ2) is 3.76. The number of urea groups is 1. The Balaban J connectivity index is 2.27.